The van der Waals surface area contributed by atoms with Gasteiger partial charge < -0.3 is 13.9 Å². The zero-order valence-electron chi connectivity index (χ0n) is 41.9. The molecule has 7 aromatic carbocycles. The Bertz CT molecular complexity index is 3580. The smallest absolute Gasteiger partial charge is 0.268 e. The summed E-state index contributed by atoms with van der Waals surface area (Å²) in [6.07, 6.45) is 6.39. The van der Waals surface area contributed by atoms with Gasteiger partial charge in [0.25, 0.3) is 6.33 Å². The number of para-hydroxylation sites is 4. The van der Waals surface area contributed by atoms with Crippen LogP contribution in [0.2, 0.25) is 0 Å². The molecular weight excluding hydrogens is 964 g/mol. The van der Waals surface area contributed by atoms with E-state index in [1.807, 2.05) is 100 Å². The molecule has 0 saturated carbocycles. The Morgan fingerprint density at radius 1 is 0.656 bits per heavy atom. The number of fused-ring (bicyclic) bond motifs is 4. The molecule has 5 nitrogen and oxygen atoms in total. The van der Waals surface area contributed by atoms with Crippen molar-refractivity contribution in [1.82, 2.24) is 14.1 Å². The number of hydrogen-bond donors (Lipinski definition) is 0. The number of hydrogen-bond acceptors (Lipinski definition) is 2. The van der Waals surface area contributed by atoms with Gasteiger partial charge in [-0.1, -0.05) is 163 Å². The van der Waals surface area contributed by atoms with E-state index >= 15 is 0 Å². The van der Waals surface area contributed by atoms with E-state index in [4.69, 9.17) is 13.8 Å². The van der Waals surface area contributed by atoms with E-state index in [0.29, 0.717) is 28.4 Å². The van der Waals surface area contributed by atoms with Crippen LogP contribution >= 0.6 is 0 Å². The molecule has 0 aliphatic heterocycles. The summed E-state index contributed by atoms with van der Waals surface area (Å²) in [4.78, 5) is 4.77. The molecule has 10 rings (SSSR count). The normalized spacial score (nSPS) is 13.0. The number of ether oxygens (including phenoxy) is 1. The number of imidazole rings is 1. The number of pyridine rings is 1. The van der Waals surface area contributed by atoms with Crippen molar-refractivity contribution in [3.63, 3.8) is 0 Å². The van der Waals surface area contributed by atoms with Crippen molar-refractivity contribution in [3.05, 3.63) is 199 Å². The van der Waals surface area contributed by atoms with E-state index in [0.717, 1.165) is 67.3 Å². The molecule has 0 bridgehead atoms. The first kappa shape index (κ1) is 36.9. The fourth-order valence-corrected chi connectivity index (χ4v) is 8.38. The monoisotopic (exact) mass is 1020 g/mol. The van der Waals surface area contributed by atoms with Crippen molar-refractivity contribution >= 4 is 32.8 Å². The van der Waals surface area contributed by atoms with E-state index < -0.39 is 18.1 Å². The van der Waals surface area contributed by atoms with Gasteiger partial charge in [0.2, 0.25) is 0 Å². The van der Waals surface area contributed by atoms with Crippen molar-refractivity contribution in [1.29, 1.82) is 0 Å². The van der Waals surface area contributed by atoms with Crippen LogP contribution in [-0.4, -0.2) is 14.1 Å². The molecule has 0 spiro atoms. The Kier molecular flexibility index (Phi) is 9.72. The molecule has 3 aromatic heterocycles. The van der Waals surface area contributed by atoms with Crippen LogP contribution in [-0.2, 0) is 38.3 Å². The first-order valence-corrected chi connectivity index (χ1v) is 21.4. The van der Waals surface area contributed by atoms with Gasteiger partial charge in [0, 0.05) is 44.3 Å². The van der Waals surface area contributed by atoms with Crippen LogP contribution in [0.4, 0.5) is 0 Å². The summed E-state index contributed by atoms with van der Waals surface area (Å²) in [5.41, 5.74) is 10.2. The molecule has 0 N–H and O–H groups in total. The minimum Gasteiger partial charge on any atom is -0.510 e. The van der Waals surface area contributed by atoms with Gasteiger partial charge in [-0.05, 0) is 85.5 Å². The Balaban J connectivity index is 0.00000593. The number of aryl methyl sites for hydroxylation is 1. The molecule has 10 aromatic rings. The van der Waals surface area contributed by atoms with Crippen LogP contribution in [0.15, 0.2) is 164 Å². The maximum Gasteiger partial charge on any atom is 0.268 e. The SMILES string of the molecule is [2H]c1c([2H])c([2H])c(-c2cccc(-c3cc(C(C)(C)C)cc(C(C)(C)C)c3)c2-[n+]2[c-]n(-c3[c-]c(Oc4[c-]c5c(cc4)c4ccccc4n5-c4cc(CC)ccn4)ccc3)c3ccccc32)c([2H])c1[2H].[Pt]. The molecular formula is C58H50N4OPt-2. The summed E-state index contributed by atoms with van der Waals surface area (Å²) in [7, 11) is 0. The van der Waals surface area contributed by atoms with E-state index in [1.54, 1.807) is 0 Å². The summed E-state index contributed by atoms with van der Waals surface area (Å²) < 4.78 is 56.8. The number of nitrogens with zero attached hydrogens (tertiary/aromatic N) is 4. The fourth-order valence-electron chi connectivity index (χ4n) is 8.38. The van der Waals surface area contributed by atoms with Gasteiger partial charge in [-0.25, -0.2) is 4.98 Å². The van der Waals surface area contributed by atoms with Crippen molar-refractivity contribution in [3.8, 4) is 50.9 Å². The van der Waals surface area contributed by atoms with Crippen LogP contribution in [0.1, 0.15) is 72.0 Å². The van der Waals surface area contributed by atoms with Gasteiger partial charge in [0.15, 0.2) is 0 Å². The predicted molar refractivity (Wildman–Crippen MR) is 258 cm³/mol. The van der Waals surface area contributed by atoms with Gasteiger partial charge in [0.1, 0.15) is 5.82 Å². The fraction of sp³-hybridized carbons (Fsp3) is 0.172. The van der Waals surface area contributed by atoms with Crippen molar-refractivity contribution in [2.24, 2.45) is 0 Å². The van der Waals surface area contributed by atoms with Crippen LogP contribution in [0.25, 0.3) is 72.3 Å². The van der Waals surface area contributed by atoms with Crippen LogP contribution in [0.3, 0.4) is 0 Å². The maximum atomic E-state index is 9.18. The third-order valence-electron chi connectivity index (χ3n) is 11.8. The second kappa shape index (κ2) is 16.9. The average molecular weight is 1020 g/mol. The summed E-state index contributed by atoms with van der Waals surface area (Å²) in [5.74, 6) is 1.80. The predicted octanol–water partition coefficient (Wildman–Crippen LogP) is 14.1. The van der Waals surface area contributed by atoms with Crippen LogP contribution in [0.5, 0.6) is 11.5 Å². The Labute approximate surface area is 397 Å². The summed E-state index contributed by atoms with van der Waals surface area (Å²) >= 11 is 0. The molecule has 64 heavy (non-hydrogen) atoms. The topological polar surface area (TPSA) is 35.9 Å². The molecule has 6 heteroatoms. The summed E-state index contributed by atoms with van der Waals surface area (Å²) in [6.45, 7) is 15.3. The zero-order chi connectivity index (χ0) is 47.8. The summed E-state index contributed by atoms with van der Waals surface area (Å²) in [6, 6.07) is 47.9. The van der Waals surface area contributed by atoms with Crippen molar-refractivity contribution in [2.75, 3.05) is 0 Å². The van der Waals surface area contributed by atoms with Gasteiger partial charge in [0.05, 0.1) is 23.6 Å². The largest absolute Gasteiger partial charge is 0.510 e. The van der Waals surface area contributed by atoms with Crippen LogP contribution in [0, 0.1) is 18.5 Å². The molecule has 3 heterocycles. The minimum absolute atomic E-state index is 0. The third-order valence-corrected chi connectivity index (χ3v) is 11.8. The number of benzene rings is 7. The van der Waals surface area contributed by atoms with Gasteiger partial charge in [-0.2, -0.15) is 18.2 Å². The quantitative estimate of drug-likeness (QED) is 0.112. The van der Waals surface area contributed by atoms with Crippen molar-refractivity contribution < 1.29 is 37.2 Å². The van der Waals surface area contributed by atoms with Gasteiger partial charge in [-0.3, -0.25) is 4.57 Å². The minimum atomic E-state index is -0.443. The third kappa shape index (κ3) is 7.88. The Hall–Kier alpha value is -6.55. The van der Waals surface area contributed by atoms with E-state index in [9.17, 15) is 2.74 Å². The van der Waals surface area contributed by atoms with Gasteiger partial charge in [-0.15, -0.1) is 29.7 Å². The van der Waals surface area contributed by atoms with Crippen molar-refractivity contribution in [2.45, 2.75) is 65.7 Å². The second-order valence-electron chi connectivity index (χ2n) is 18.1. The standard InChI is InChI=1S/C58H50N4O.Pt/c1-8-39-30-31-59-55(32-39)62-51-25-13-12-22-49(51)50-29-28-46(37-54(50)62)63-45-21-16-20-44(36-45)60-38-61(53-27-15-14-26-52(53)60)56-47(40-18-10-9-11-19-40)23-17-24-48(56)41-33-42(57(2,3)4)35-43(34-41)58(5,6)7;/h9-35H,8H2,1-7H3;/q-2;/i9D,10D,11D,18D,19D;. The van der Waals surface area contributed by atoms with E-state index in [-0.39, 0.29) is 49.5 Å². The van der Waals surface area contributed by atoms with E-state index in [2.05, 4.69) is 114 Å². The van der Waals surface area contributed by atoms with Gasteiger partial charge >= 0.3 is 0 Å². The number of aromatic nitrogens is 4. The van der Waals surface area contributed by atoms with E-state index in [1.165, 1.54) is 5.56 Å². The molecule has 0 unspecified atom stereocenters. The Morgan fingerprint density at radius 3 is 2.06 bits per heavy atom. The molecule has 0 fully saturated rings. The molecule has 0 saturated heterocycles. The average Bonchev–Trinajstić information content (AvgIpc) is 3.88. The summed E-state index contributed by atoms with van der Waals surface area (Å²) in [5, 5.41) is 2.13. The molecule has 0 radical (unpaired) electrons. The van der Waals surface area contributed by atoms with Crippen LogP contribution < -0.4 is 9.30 Å². The first-order valence-electron chi connectivity index (χ1n) is 23.9. The molecule has 0 aliphatic rings. The molecule has 0 aliphatic carbocycles. The second-order valence-corrected chi connectivity index (χ2v) is 18.1. The zero-order valence-corrected chi connectivity index (χ0v) is 39.2. The first-order chi connectivity index (χ1) is 32.5. The molecule has 0 atom stereocenters. The maximum absolute atomic E-state index is 9.18. The Morgan fingerprint density at radius 2 is 1.33 bits per heavy atom. The molecule has 0 amide bonds. The number of rotatable bonds is 8. The molecule has 320 valence electrons.